The van der Waals surface area contributed by atoms with E-state index in [1.165, 1.54) is 11.3 Å². The maximum atomic E-state index is 12.8. The van der Waals surface area contributed by atoms with Crippen molar-refractivity contribution in [2.75, 3.05) is 5.32 Å². The number of aromatic nitrogens is 1. The summed E-state index contributed by atoms with van der Waals surface area (Å²) >= 11 is 1.46. The second kappa shape index (κ2) is 6.68. The summed E-state index contributed by atoms with van der Waals surface area (Å²) in [5.74, 6) is -2.29. The zero-order valence-corrected chi connectivity index (χ0v) is 15.2. The van der Waals surface area contributed by atoms with Crippen molar-refractivity contribution < 1.29 is 14.7 Å². The number of aryl methyl sites for hydroxylation is 1. The van der Waals surface area contributed by atoms with Crippen LogP contribution in [0.1, 0.15) is 18.2 Å². The van der Waals surface area contributed by atoms with Crippen molar-refractivity contribution >= 4 is 28.3 Å². The second-order valence-corrected chi connectivity index (χ2v) is 7.92. The van der Waals surface area contributed by atoms with Gasteiger partial charge in [-0.05, 0) is 24.7 Å². The van der Waals surface area contributed by atoms with E-state index in [1.807, 2.05) is 42.5 Å². The van der Waals surface area contributed by atoms with Gasteiger partial charge in [-0.3, -0.25) is 9.59 Å². The molecule has 1 aromatic carbocycles. The number of hydrogen-bond acceptors (Lipinski definition) is 4. The number of amides is 1. The first-order chi connectivity index (χ1) is 12.6. The van der Waals surface area contributed by atoms with Gasteiger partial charge in [0, 0.05) is 10.4 Å². The van der Waals surface area contributed by atoms with Gasteiger partial charge in [0.05, 0.1) is 17.5 Å². The number of nitrogens with zero attached hydrogens (tertiary/aromatic N) is 1. The first kappa shape index (κ1) is 17.0. The molecule has 2 aliphatic carbocycles. The molecule has 26 heavy (non-hydrogen) atoms. The molecule has 134 valence electrons. The van der Waals surface area contributed by atoms with Crippen LogP contribution in [0.3, 0.4) is 0 Å². The summed E-state index contributed by atoms with van der Waals surface area (Å²) in [7, 11) is 0. The number of benzene rings is 1. The Morgan fingerprint density at radius 3 is 2.54 bits per heavy atom. The minimum atomic E-state index is -0.889. The molecular formula is C20H20N2O3S. The molecule has 2 aromatic rings. The Balaban J connectivity index is 1.58. The Morgan fingerprint density at radius 1 is 1.19 bits per heavy atom. The van der Waals surface area contributed by atoms with Crippen LogP contribution in [-0.2, 0) is 16.0 Å². The Labute approximate surface area is 155 Å². The lowest BCUT2D eigenvalue weighted by Crippen LogP contribution is -2.36. The van der Waals surface area contributed by atoms with E-state index in [0.29, 0.717) is 5.13 Å². The van der Waals surface area contributed by atoms with Gasteiger partial charge in [0.1, 0.15) is 0 Å². The lowest BCUT2D eigenvalue weighted by atomic mass is 9.82. The fourth-order valence-electron chi connectivity index (χ4n) is 4.17. The van der Waals surface area contributed by atoms with Crippen LogP contribution < -0.4 is 5.32 Å². The number of carboxylic acids is 1. The van der Waals surface area contributed by atoms with Gasteiger partial charge in [-0.15, -0.1) is 11.3 Å². The molecule has 1 fully saturated rings. The second-order valence-electron chi connectivity index (χ2n) is 6.84. The van der Waals surface area contributed by atoms with E-state index >= 15 is 0 Å². The van der Waals surface area contributed by atoms with Crippen LogP contribution in [0.25, 0.3) is 11.3 Å². The molecular weight excluding hydrogens is 348 g/mol. The summed E-state index contributed by atoms with van der Waals surface area (Å²) < 4.78 is 0. The molecule has 0 aliphatic heterocycles. The fourth-order valence-corrected chi connectivity index (χ4v) is 5.10. The van der Waals surface area contributed by atoms with Crippen molar-refractivity contribution in [1.82, 2.24) is 4.98 Å². The molecule has 0 spiro atoms. The number of nitrogens with one attached hydrogen (secondary N) is 1. The summed E-state index contributed by atoms with van der Waals surface area (Å²) in [6.07, 6.45) is 5.51. The minimum absolute atomic E-state index is 0.0142. The predicted molar refractivity (Wildman–Crippen MR) is 101 cm³/mol. The largest absolute Gasteiger partial charge is 0.481 e. The third kappa shape index (κ3) is 2.84. The number of carboxylic acid groups (broad SMARTS) is 1. The Morgan fingerprint density at radius 2 is 1.88 bits per heavy atom. The van der Waals surface area contributed by atoms with Crippen LogP contribution in [0.15, 0.2) is 42.5 Å². The SMILES string of the molecule is CCc1sc(NC(=O)[C@H]2[C@H](C(=O)O)[C@H]3C=C[C@H]2C3)nc1-c1ccccc1. The van der Waals surface area contributed by atoms with Gasteiger partial charge in [-0.2, -0.15) is 0 Å². The number of carbonyl (C=O) groups is 2. The normalized spacial score (nSPS) is 26.2. The third-order valence-corrected chi connectivity index (χ3v) is 6.46. The number of fused-ring (bicyclic) bond motifs is 2. The molecule has 1 saturated carbocycles. The van der Waals surface area contributed by atoms with E-state index in [4.69, 9.17) is 0 Å². The average Bonchev–Trinajstić information content (AvgIpc) is 3.35. The van der Waals surface area contributed by atoms with Crippen molar-refractivity contribution in [2.24, 2.45) is 23.7 Å². The topological polar surface area (TPSA) is 79.3 Å². The summed E-state index contributed by atoms with van der Waals surface area (Å²) in [6.45, 7) is 2.06. The van der Waals surface area contributed by atoms with Gasteiger partial charge in [-0.25, -0.2) is 4.98 Å². The number of aliphatic carboxylic acids is 1. The smallest absolute Gasteiger partial charge is 0.307 e. The molecule has 4 rings (SSSR count). The minimum Gasteiger partial charge on any atom is -0.481 e. The number of rotatable bonds is 5. The average molecular weight is 368 g/mol. The van der Waals surface area contributed by atoms with Gasteiger partial charge >= 0.3 is 5.97 Å². The maximum absolute atomic E-state index is 12.8. The molecule has 1 aromatic heterocycles. The number of carbonyl (C=O) groups excluding carboxylic acids is 1. The van der Waals surface area contributed by atoms with Crippen LogP contribution in [0, 0.1) is 23.7 Å². The summed E-state index contributed by atoms with van der Waals surface area (Å²) in [6, 6.07) is 9.89. The van der Waals surface area contributed by atoms with Crippen molar-refractivity contribution in [2.45, 2.75) is 19.8 Å². The first-order valence-corrected chi connectivity index (χ1v) is 9.67. The van der Waals surface area contributed by atoms with Crippen LogP contribution in [0.2, 0.25) is 0 Å². The summed E-state index contributed by atoms with van der Waals surface area (Å²) in [5, 5.41) is 13.0. The summed E-state index contributed by atoms with van der Waals surface area (Å²) in [4.78, 5) is 30.2. The quantitative estimate of drug-likeness (QED) is 0.786. The van der Waals surface area contributed by atoms with E-state index in [-0.39, 0.29) is 17.7 Å². The highest BCUT2D eigenvalue weighted by atomic mass is 32.1. The molecule has 2 aliphatic rings. The molecule has 0 unspecified atom stereocenters. The van der Waals surface area contributed by atoms with Crippen LogP contribution >= 0.6 is 11.3 Å². The number of thiazole rings is 1. The Kier molecular flexibility index (Phi) is 4.36. The van der Waals surface area contributed by atoms with Crippen LogP contribution in [0.5, 0.6) is 0 Å². The van der Waals surface area contributed by atoms with Crippen LogP contribution in [0.4, 0.5) is 5.13 Å². The van der Waals surface area contributed by atoms with Gasteiger partial charge in [-0.1, -0.05) is 49.4 Å². The van der Waals surface area contributed by atoms with Gasteiger partial charge in [0.2, 0.25) is 5.91 Å². The first-order valence-electron chi connectivity index (χ1n) is 8.85. The lowest BCUT2D eigenvalue weighted by molar-refractivity contribution is -0.146. The van der Waals surface area contributed by atoms with Gasteiger partial charge in [0.15, 0.2) is 5.13 Å². The van der Waals surface area contributed by atoms with E-state index in [0.717, 1.165) is 29.0 Å². The highest BCUT2D eigenvalue weighted by Crippen LogP contribution is 2.48. The standard InChI is InChI=1S/C20H20N2O3S/c1-2-14-17(11-6-4-3-5-7-11)21-20(26-14)22-18(23)15-12-8-9-13(10-12)16(15)19(24)25/h3-9,12-13,15-16H,2,10H2,1H3,(H,24,25)(H,21,22,23)/t12-,13-,15+,16+/m0/s1. The van der Waals surface area contributed by atoms with E-state index in [2.05, 4.69) is 17.2 Å². The van der Waals surface area contributed by atoms with E-state index in [9.17, 15) is 14.7 Å². The zero-order valence-electron chi connectivity index (χ0n) is 14.4. The monoisotopic (exact) mass is 368 g/mol. The van der Waals surface area contributed by atoms with E-state index in [1.54, 1.807) is 0 Å². The molecule has 6 heteroatoms. The molecule has 2 bridgehead atoms. The number of hydrogen-bond donors (Lipinski definition) is 2. The van der Waals surface area contributed by atoms with Crippen molar-refractivity contribution in [3.05, 3.63) is 47.4 Å². The predicted octanol–water partition coefficient (Wildman–Crippen LogP) is 3.83. The molecule has 5 nitrogen and oxygen atoms in total. The highest BCUT2D eigenvalue weighted by molar-refractivity contribution is 7.16. The fraction of sp³-hybridized carbons (Fsp3) is 0.350. The maximum Gasteiger partial charge on any atom is 0.307 e. The molecule has 0 radical (unpaired) electrons. The molecule has 4 atom stereocenters. The zero-order chi connectivity index (χ0) is 18.3. The van der Waals surface area contributed by atoms with Crippen molar-refractivity contribution in [1.29, 1.82) is 0 Å². The highest BCUT2D eigenvalue weighted by Gasteiger charge is 2.51. The third-order valence-electron chi connectivity index (χ3n) is 5.34. The number of allylic oxidation sites excluding steroid dienone is 2. The molecule has 0 saturated heterocycles. The van der Waals surface area contributed by atoms with Crippen LogP contribution in [-0.4, -0.2) is 22.0 Å². The van der Waals surface area contributed by atoms with E-state index < -0.39 is 17.8 Å². The Bertz CT molecular complexity index is 874. The number of anilines is 1. The molecule has 1 heterocycles. The van der Waals surface area contributed by atoms with Crippen molar-refractivity contribution in [3.63, 3.8) is 0 Å². The molecule has 2 N–H and O–H groups in total. The van der Waals surface area contributed by atoms with Gasteiger partial charge in [0.25, 0.3) is 0 Å². The summed E-state index contributed by atoms with van der Waals surface area (Å²) in [5.41, 5.74) is 1.91. The van der Waals surface area contributed by atoms with Gasteiger partial charge < -0.3 is 10.4 Å². The lowest BCUT2D eigenvalue weighted by Gasteiger charge is -2.23. The Hall–Kier alpha value is -2.47. The van der Waals surface area contributed by atoms with Crippen molar-refractivity contribution in [3.8, 4) is 11.3 Å². The molecule has 1 amide bonds.